The fourth-order valence-corrected chi connectivity index (χ4v) is 3.51. The van der Waals surface area contributed by atoms with Crippen LogP contribution in [0, 0.1) is 0 Å². The summed E-state index contributed by atoms with van der Waals surface area (Å²) in [5.74, 6) is 1.21. The van der Waals surface area contributed by atoms with Gasteiger partial charge in [-0.3, -0.25) is 9.48 Å². The highest BCUT2D eigenvalue weighted by Crippen LogP contribution is 2.29. The molecule has 0 bridgehead atoms. The first kappa shape index (κ1) is 23.6. The Balaban J connectivity index is 1.87. The Morgan fingerprint density at radius 3 is 2.53 bits per heavy atom. The number of rotatable bonds is 9. The number of ether oxygens (including phenoxy) is 2. The van der Waals surface area contributed by atoms with Gasteiger partial charge in [-0.15, -0.1) is 11.6 Å². The number of carbonyl (C=O) groups is 1. The molecule has 0 aliphatic carbocycles. The predicted molar refractivity (Wildman–Crippen MR) is 120 cm³/mol. The van der Waals surface area contributed by atoms with Gasteiger partial charge in [0.2, 0.25) is 0 Å². The van der Waals surface area contributed by atoms with E-state index in [1.54, 1.807) is 50.0 Å². The van der Waals surface area contributed by atoms with Crippen molar-refractivity contribution < 1.29 is 22.7 Å². The zero-order valence-corrected chi connectivity index (χ0v) is 19.4. The number of benzene rings is 1. The summed E-state index contributed by atoms with van der Waals surface area (Å²) in [5.41, 5.74) is 0.281. The van der Waals surface area contributed by atoms with Gasteiger partial charge in [-0.05, 0) is 31.2 Å². The Bertz CT molecular complexity index is 1200. The average molecular weight is 479 g/mol. The molecule has 3 aromatic rings. The standard InChI is InChI=1S/C21H23ClN4O5S/c1-4-32(28,29)20-6-5-16(13-23-20)31-18-10-15(9-17(11-18)30-14(2)12-22)21(27)24-19-7-8-26(3)25-19/h5-11,13-14H,4,12H2,1-3H3,(H,24,25,27). The van der Waals surface area contributed by atoms with E-state index in [-0.39, 0.29) is 28.3 Å². The van der Waals surface area contributed by atoms with Crippen molar-refractivity contribution in [2.45, 2.75) is 25.0 Å². The van der Waals surface area contributed by atoms with Crippen LogP contribution < -0.4 is 14.8 Å². The summed E-state index contributed by atoms with van der Waals surface area (Å²) >= 11 is 5.84. The number of amides is 1. The number of pyridine rings is 1. The van der Waals surface area contributed by atoms with Crippen LogP contribution in [0.15, 0.2) is 53.8 Å². The van der Waals surface area contributed by atoms with E-state index >= 15 is 0 Å². The normalized spacial score (nSPS) is 12.2. The number of aromatic nitrogens is 3. The lowest BCUT2D eigenvalue weighted by Gasteiger charge is -2.15. The zero-order valence-electron chi connectivity index (χ0n) is 17.8. The molecule has 0 aliphatic rings. The molecule has 1 aromatic carbocycles. The van der Waals surface area contributed by atoms with Crippen molar-refractivity contribution in [1.82, 2.24) is 14.8 Å². The van der Waals surface area contributed by atoms with Gasteiger partial charge in [0.05, 0.1) is 17.8 Å². The van der Waals surface area contributed by atoms with Crippen molar-refractivity contribution >= 4 is 33.2 Å². The summed E-state index contributed by atoms with van der Waals surface area (Å²) in [5, 5.41) is 6.81. The van der Waals surface area contributed by atoms with Crippen LogP contribution in [0.3, 0.4) is 0 Å². The minimum atomic E-state index is -3.42. The van der Waals surface area contributed by atoms with Crippen molar-refractivity contribution in [2.24, 2.45) is 7.05 Å². The minimum Gasteiger partial charge on any atom is -0.489 e. The maximum atomic E-state index is 12.7. The van der Waals surface area contributed by atoms with Crippen LogP contribution in [-0.4, -0.2) is 46.8 Å². The van der Waals surface area contributed by atoms with Gasteiger partial charge in [0.1, 0.15) is 23.4 Å². The minimum absolute atomic E-state index is 0.0317. The fourth-order valence-electron chi connectivity index (χ4n) is 2.66. The highest BCUT2D eigenvalue weighted by Gasteiger charge is 2.16. The second-order valence-electron chi connectivity index (χ2n) is 6.94. The van der Waals surface area contributed by atoms with E-state index in [0.717, 1.165) is 0 Å². The summed E-state index contributed by atoms with van der Waals surface area (Å²) in [6.45, 7) is 3.34. The molecule has 0 fully saturated rings. The Kier molecular flexibility index (Phi) is 7.37. The number of hydrogen-bond acceptors (Lipinski definition) is 7. The van der Waals surface area contributed by atoms with Crippen molar-refractivity contribution in [3.8, 4) is 17.2 Å². The summed E-state index contributed by atoms with van der Waals surface area (Å²) in [7, 11) is -1.67. The SMILES string of the molecule is CCS(=O)(=O)c1ccc(Oc2cc(OC(C)CCl)cc(C(=O)Nc3ccn(C)n3)c2)cn1. The largest absolute Gasteiger partial charge is 0.489 e. The van der Waals surface area contributed by atoms with Crippen molar-refractivity contribution in [3.63, 3.8) is 0 Å². The summed E-state index contributed by atoms with van der Waals surface area (Å²) < 4.78 is 37.0. The zero-order chi connectivity index (χ0) is 23.3. The molecule has 3 rings (SSSR count). The molecule has 0 saturated heterocycles. The van der Waals surface area contributed by atoms with E-state index in [1.165, 1.54) is 24.4 Å². The second kappa shape index (κ2) is 10.0. The first-order chi connectivity index (χ1) is 15.2. The van der Waals surface area contributed by atoms with E-state index in [2.05, 4.69) is 15.4 Å². The highest BCUT2D eigenvalue weighted by molar-refractivity contribution is 7.91. The van der Waals surface area contributed by atoms with E-state index in [9.17, 15) is 13.2 Å². The van der Waals surface area contributed by atoms with Crippen molar-refractivity contribution in [2.75, 3.05) is 16.9 Å². The molecule has 0 spiro atoms. The van der Waals surface area contributed by atoms with Crippen LogP contribution in [0.25, 0.3) is 0 Å². The van der Waals surface area contributed by atoms with E-state index in [4.69, 9.17) is 21.1 Å². The first-order valence-electron chi connectivity index (χ1n) is 9.75. The van der Waals surface area contributed by atoms with Gasteiger partial charge in [0.25, 0.3) is 5.91 Å². The summed E-state index contributed by atoms with van der Waals surface area (Å²) in [6.07, 6.45) is 2.73. The highest BCUT2D eigenvalue weighted by atomic mass is 35.5. The molecular weight excluding hydrogens is 456 g/mol. The number of nitrogens with one attached hydrogen (secondary N) is 1. The molecule has 170 valence electrons. The molecule has 1 N–H and O–H groups in total. The molecule has 32 heavy (non-hydrogen) atoms. The molecule has 0 saturated carbocycles. The summed E-state index contributed by atoms with van der Waals surface area (Å²) in [4.78, 5) is 16.7. The van der Waals surface area contributed by atoms with Gasteiger partial charge < -0.3 is 14.8 Å². The molecule has 2 heterocycles. The molecule has 1 amide bonds. The van der Waals surface area contributed by atoms with E-state index in [1.807, 2.05) is 0 Å². The number of halogens is 1. The Morgan fingerprint density at radius 2 is 1.94 bits per heavy atom. The van der Waals surface area contributed by atoms with Crippen LogP contribution >= 0.6 is 11.6 Å². The molecular formula is C21H23ClN4O5S. The van der Waals surface area contributed by atoms with E-state index < -0.39 is 15.7 Å². The third-order valence-electron chi connectivity index (χ3n) is 4.30. The maximum absolute atomic E-state index is 12.7. The number of alkyl halides is 1. The number of nitrogens with zero attached hydrogens (tertiary/aromatic N) is 3. The Morgan fingerprint density at radius 1 is 1.19 bits per heavy atom. The average Bonchev–Trinajstić information content (AvgIpc) is 3.18. The van der Waals surface area contributed by atoms with Gasteiger partial charge >= 0.3 is 0 Å². The lowest BCUT2D eigenvalue weighted by molar-refractivity contribution is 0.102. The molecule has 0 radical (unpaired) electrons. The monoisotopic (exact) mass is 478 g/mol. The second-order valence-corrected chi connectivity index (χ2v) is 9.48. The number of anilines is 1. The fraction of sp³-hybridized carbons (Fsp3) is 0.286. The molecule has 1 atom stereocenters. The van der Waals surface area contributed by atoms with Crippen LogP contribution in [0.2, 0.25) is 0 Å². The Labute approximate surface area is 191 Å². The topological polar surface area (TPSA) is 112 Å². The molecule has 1 unspecified atom stereocenters. The maximum Gasteiger partial charge on any atom is 0.257 e. The molecule has 11 heteroatoms. The van der Waals surface area contributed by atoms with Gasteiger partial charge in [0.15, 0.2) is 20.7 Å². The van der Waals surface area contributed by atoms with Crippen LogP contribution in [0.5, 0.6) is 17.2 Å². The molecule has 9 nitrogen and oxygen atoms in total. The third-order valence-corrected chi connectivity index (χ3v) is 6.37. The van der Waals surface area contributed by atoms with Crippen LogP contribution in [0.4, 0.5) is 5.82 Å². The van der Waals surface area contributed by atoms with Crippen molar-refractivity contribution in [3.05, 3.63) is 54.4 Å². The number of hydrogen-bond donors (Lipinski definition) is 1. The number of carbonyl (C=O) groups excluding carboxylic acids is 1. The summed E-state index contributed by atoms with van der Waals surface area (Å²) in [6, 6.07) is 9.26. The van der Waals surface area contributed by atoms with Gasteiger partial charge in [0, 0.05) is 30.9 Å². The van der Waals surface area contributed by atoms with Crippen LogP contribution in [-0.2, 0) is 16.9 Å². The lowest BCUT2D eigenvalue weighted by atomic mass is 10.2. The molecule has 0 aliphatic heterocycles. The Hall–Kier alpha value is -3.11. The quantitative estimate of drug-likeness (QED) is 0.467. The number of sulfone groups is 1. The van der Waals surface area contributed by atoms with Gasteiger partial charge in [-0.1, -0.05) is 6.92 Å². The van der Waals surface area contributed by atoms with Gasteiger partial charge in [-0.2, -0.15) is 5.10 Å². The smallest absolute Gasteiger partial charge is 0.257 e. The predicted octanol–water partition coefficient (Wildman–Crippen LogP) is 3.66. The first-order valence-corrected chi connectivity index (χ1v) is 11.9. The molecule has 2 aromatic heterocycles. The third kappa shape index (κ3) is 5.98. The lowest BCUT2D eigenvalue weighted by Crippen LogP contribution is -2.15. The van der Waals surface area contributed by atoms with E-state index in [0.29, 0.717) is 23.1 Å². The van der Waals surface area contributed by atoms with Gasteiger partial charge in [-0.25, -0.2) is 13.4 Å². The van der Waals surface area contributed by atoms with Crippen LogP contribution in [0.1, 0.15) is 24.2 Å². The number of aryl methyl sites for hydroxylation is 1. The van der Waals surface area contributed by atoms with Crippen molar-refractivity contribution in [1.29, 1.82) is 0 Å².